The molecule has 142 valence electrons. The molecular weight excluding hydrogens is 361 g/mol. The Hall–Kier alpha value is -3.37. The molecule has 3 aromatic rings. The maximum atomic E-state index is 6.18. The highest BCUT2D eigenvalue weighted by atomic mass is 16.5. The first-order valence-corrected chi connectivity index (χ1v) is 9.44. The lowest BCUT2D eigenvalue weighted by Gasteiger charge is -2.28. The van der Waals surface area contributed by atoms with Crippen molar-refractivity contribution >= 4 is 30.2 Å². The average molecular weight is 381 g/mol. The van der Waals surface area contributed by atoms with Crippen molar-refractivity contribution in [2.75, 3.05) is 26.3 Å². The molecule has 1 aliphatic rings. The number of hydrogen-bond donors (Lipinski definition) is 0. The number of para-hydroxylation sites is 1. The van der Waals surface area contributed by atoms with E-state index in [4.69, 9.17) is 24.0 Å². The molecule has 0 unspecified atom stereocenters. The van der Waals surface area contributed by atoms with E-state index in [1.165, 1.54) is 0 Å². The zero-order valence-corrected chi connectivity index (χ0v) is 16.0. The fourth-order valence-electron chi connectivity index (χ4n) is 3.29. The SMILES string of the molecule is [B]C(=N/C=C(\CC#C)c1nc2ccncc2n1-c1ccccc1)N1CCOCC1. The van der Waals surface area contributed by atoms with Crippen LogP contribution in [0.25, 0.3) is 22.3 Å². The number of hydrogen-bond acceptors (Lipinski definition) is 4. The first kappa shape index (κ1) is 19.0. The van der Waals surface area contributed by atoms with Gasteiger partial charge in [0.25, 0.3) is 0 Å². The number of fused-ring (bicyclic) bond motifs is 1. The van der Waals surface area contributed by atoms with E-state index in [2.05, 4.69) is 15.9 Å². The van der Waals surface area contributed by atoms with Gasteiger partial charge in [0.15, 0.2) is 7.85 Å². The molecule has 2 radical (unpaired) electrons. The standard InChI is InChI=1S/C22H20BN5O/c1-2-6-17(15-25-22(23)27-11-13-29-14-12-27)21-26-19-9-10-24-16-20(19)28(21)18-7-4-3-5-8-18/h1,3-5,7-10,15-16H,6,11-14H2/b17-15+,25-22?. The van der Waals surface area contributed by atoms with E-state index < -0.39 is 0 Å². The molecule has 0 aliphatic carbocycles. The molecule has 0 spiro atoms. The zero-order valence-electron chi connectivity index (χ0n) is 16.0. The number of terminal acetylenes is 1. The van der Waals surface area contributed by atoms with Crippen LogP contribution in [0.2, 0.25) is 0 Å². The summed E-state index contributed by atoms with van der Waals surface area (Å²) in [6.45, 7) is 2.74. The average Bonchev–Trinajstić information content (AvgIpc) is 3.17. The van der Waals surface area contributed by atoms with Crippen molar-refractivity contribution in [1.29, 1.82) is 0 Å². The van der Waals surface area contributed by atoms with Crippen LogP contribution in [0.15, 0.2) is 60.0 Å². The molecule has 2 aromatic heterocycles. The van der Waals surface area contributed by atoms with Crippen molar-refractivity contribution in [1.82, 2.24) is 19.4 Å². The van der Waals surface area contributed by atoms with Crippen molar-refractivity contribution < 1.29 is 4.74 Å². The molecule has 29 heavy (non-hydrogen) atoms. The molecule has 1 aliphatic heterocycles. The van der Waals surface area contributed by atoms with E-state index in [-0.39, 0.29) is 0 Å². The van der Waals surface area contributed by atoms with Crippen LogP contribution in [-0.4, -0.2) is 59.3 Å². The zero-order chi connectivity index (χ0) is 20.1. The van der Waals surface area contributed by atoms with Crippen molar-refractivity contribution in [2.45, 2.75) is 6.42 Å². The summed E-state index contributed by atoms with van der Waals surface area (Å²) in [5, 5.41) is 0. The number of ether oxygens (including phenoxy) is 1. The maximum absolute atomic E-state index is 6.18. The van der Waals surface area contributed by atoms with E-state index in [0.29, 0.717) is 25.4 Å². The highest BCUT2D eigenvalue weighted by molar-refractivity contribution is 6.58. The second kappa shape index (κ2) is 8.76. The Balaban J connectivity index is 1.81. The van der Waals surface area contributed by atoms with E-state index in [1.807, 2.05) is 45.9 Å². The van der Waals surface area contributed by atoms with Crippen LogP contribution in [0, 0.1) is 12.3 Å². The summed E-state index contributed by atoms with van der Waals surface area (Å²) in [5.74, 6) is 3.44. The molecule has 3 heterocycles. The van der Waals surface area contributed by atoms with Gasteiger partial charge >= 0.3 is 0 Å². The minimum Gasteiger partial charge on any atom is -0.378 e. The molecule has 1 saturated heterocycles. The summed E-state index contributed by atoms with van der Waals surface area (Å²) in [6.07, 6.45) is 11.3. The van der Waals surface area contributed by atoms with Gasteiger partial charge in [0, 0.05) is 48.9 Å². The van der Waals surface area contributed by atoms with Crippen LogP contribution < -0.4 is 0 Å². The molecule has 6 nitrogen and oxygen atoms in total. The van der Waals surface area contributed by atoms with Crippen LogP contribution in [0.1, 0.15) is 12.2 Å². The highest BCUT2D eigenvalue weighted by Crippen LogP contribution is 2.27. The molecule has 1 aromatic carbocycles. The maximum Gasteiger partial charge on any atom is 0.167 e. The number of nitrogens with zero attached hydrogens (tertiary/aromatic N) is 5. The van der Waals surface area contributed by atoms with Gasteiger partial charge in [0.1, 0.15) is 5.82 Å². The highest BCUT2D eigenvalue weighted by Gasteiger charge is 2.16. The number of amidine groups is 1. The third-order valence-corrected chi connectivity index (χ3v) is 4.74. The Labute approximate surface area is 171 Å². The second-order valence-corrected chi connectivity index (χ2v) is 6.59. The van der Waals surface area contributed by atoms with Gasteiger partial charge in [-0.2, -0.15) is 0 Å². The van der Waals surface area contributed by atoms with E-state index in [9.17, 15) is 0 Å². The summed E-state index contributed by atoms with van der Waals surface area (Å²) >= 11 is 0. The topological polar surface area (TPSA) is 55.5 Å². The van der Waals surface area contributed by atoms with Gasteiger partial charge in [-0.3, -0.25) is 14.5 Å². The quantitative estimate of drug-likeness (QED) is 0.302. The predicted molar refractivity (Wildman–Crippen MR) is 116 cm³/mol. The number of allylic oxidation sites excluding steroid dienone is 1. The molecule has 0 saturated carbocycles. The van der Waals surface area contributed by atoms with Crippen molar-refractivity contribution in [3.63, 3.8) is 0 Å². The fourth-order valence-corrected chi connectivity index (χ4v) is 3.29. The minimum absolute atomic E-state index is 0.378. The number of aromatic nitrogens is 3. The molecule has 1 fully saturated rings. The van der Waals surface area contributed by atoms with Crippen LogP contribution in [0.5, 0.6) is 0 Å². The molecule has 7 heteroatoms. The van der Waals surface area contributed by atoms with Crippen molar-refractivity contribution in [3.05, 3.63) is 60.8 Å². The molecule has 0 N–H and O–H groups in total. The molecular formula is C22H20BN5O. The minimum atomic E-state index is 0.378. The van der Waals surface area contributed by atoms with Crippen LogP contribution in [-0.2, 0) is 4.74 Å². The first-order valence-electron chi connectivity index (χ1n) is 9.44. The van der Waals surface area contributed by atoms with Gasteiger partial charge in [0.05, 0.1) is 30.4 Å². The Kier molecular flexibility index (Phi) is 5.73. The number of benzene rings is 1. The molecule has 0 bridgehead atoms. The van der Waals surface area contributed by atoms with Crippen LogP contribution in [0.4, 0.5) is 0 Å². The Bertz CT molecular complexity index is 1090. The fraction of sp³-hybridized carbons (Fsp3) is 0.227. The summed E-state index contributed by atoms with van der Waals surface area (Å²) in [5.41, 5.74) is 3.98. The Morgan fingerprint density at radius 1 is 1.24 bits per heavy atom. The monoisotopic (exact) mass is 381 g/mol. The van der Waals surface area contributed by atoms with Gasteiger partial charge in [-0.15, -0.1) is 12.3 Å². The normalized spacial score (nSPS) is 15.5. The summed E-state index contributed by atoms with van der Waals surface area (Å²) in [4.78, 5) is 15.6. The lowest BCUT2D eigenvalue weighted by atomic mass is 10.1. The molecule has 0 amide bonds. The number of morpholine rings is 1. The van der Waals surface area contributed by atoms with Crippen molar-refractivity contribution in [3.8, 4) is 18.0 Å². The smallest absolute Gasteiger partial charge is 0.167 e. The number of imidazole rings is 1. The van der Waals surface area contributed by atoms with Gasteiger partial charge in [-0.25, -0.2) is 4.98 Å². The van der Waals surface area contributed by atoms with E-state index >= 15 is 0 Å². The summed E-state index contributed by atoms with van der Waals surface area (Å²) in [7, 11) is 6.18. The largest absolute Gasteiger partial charge is 0.378 e. The third-order valence-electron chi connectivity index (χ3n) is 4.74. The van der Waals surface area contributed by atoms with Gasteiger partial charge in [0.2, 0.25) is 0 Å². The second-order valence-electron chi connectivity index (χ2n) is 6.59. The molecule has 4 rings (SSSR count). The molecule has 0 atom stereocenters. The Morgan fingerprint density at radius 2 is 2.03 bits per heavy atom. The Morgan fingerprint density at radius 3 is 2.79 bits per heavy atom. The van der Waals surface area contributed by atoms with E-state index in [1.54, 1.807) is 18.6 Å². The number of pyridine rings is 1. The number of rotatable bonds is 4. The lowest BCUT2D eigenvalue weighted by Crippen LogP contribution is -2.40. The van der Waals surface area contributed by atoms with E-state index in [0.717, 1.165) is 41.2 Å². The summed E-state index contributed by atoms with van der Waals surface area (Å²) in [6, 6.07) is 11.9. The third kappa shape index (κ3) is 4.08. The first-order chi connectivity index (χ1) is 14.3. The van der Waals surface area contributed by atoms with Gasteiger partial charge in [-0.1, -0.05) is 18.2 Å². The summed E-state index contributed by atoms with van der Waals surface area (Å²) < 4.78 is 7.42. The number of aliphatic imine (C=N–C) groups is 1. The van der Waals surface area contributed by atoms with Crippen LogP contribution in [0.3, 0.4) is 0 Å². The van der Waals surface area contributed by atoms with Gasteiger partial charge in [-0.05, 0) is 18.2 Å². The van der Waals surface area contributed by atoms with Gasteiger partial charge < -0.3 is 9.64 Å². The lowest BCUT2D eigenvalue weighted by molar-refractivity contribution is 0.0692. The predicted octanol–water partition coefficient (Wildman–Crippen LogP) is 2.64. The van der Waals surface area contributed by atoms with Crippen molar-refractivity contribution in [2.24, 2.45) is 4.99 Å². The van der Waals surface area contributed by atoms with Crippen LogP contribution >= 0.6 is 0 Å².